The molecular weight excluding hydrogens is 242 g/mol. The Balaban J connectivity index is 1.64. The fraction of sp³-hybridized carbons (Fsp3) is 0.733. The quantitative estimate of drug-likeness (QED) is 0.776. The zero-order valence-electron chi connectivity index (χ0n) is 11.2. The highest BCUT2D eigenvalue weighted by atomic mass is 16.4. The van der Waals surface area contributed by atoms with E-state index in [0.29, 0.717) is 6.42 Å². The molecule has 1 saturated heterocycles. The summed E-state index contributed by atoms with van der Waals surface area (Å²) in [6, 6.07) is 0. The van der Waals surface area contributed by atoms with Gasteiger partial charge in [0.05, 0.1) is 11.8 Å². The fourth-order valence-corrected chi connectivity index (χ4v) is 3.68. The number of hydrogen-bond acceptors (Lipinski definition) is 2. The van der Waals surface area contributed by atoms with Gasteiger partial charge in [0.2, 0.25) is 5.91 Å². The van der Waals surface area contributed by atoms with Gasteiger partial charge in [0.15, 0.2) is 0 Å². The van der Waals surface area contributed by atoms with Gasteiger partial charge in [-0.2, -0.15) is 0 Å². The summed E-state index contributed by atoms with van der Waals surface area (Å²) in [4.78, 5) is 25.2. The Morgan fingerprint density at radius 1 is 1.21 bits per heavy atom. The number of nitrogens with zero attached hydrogens (tertiary/aromatic N) is 1. The van der Waals surface area contributed by atoms with Crippen molar-refractivity contribution in [2.24, 2.45) is 17.3 Å². The number of allylic oxidation sites excluding steroid dienone is 2. The number of hydrogen-bond donors (Lipinski definition) is 1. The first-order valence-corrected chi connectivity index (χ1v) is 7.28. The van der Waals surface area contributed by atoms with Crippen molar-refractivity contribution in [3.8, 4) is 0 Å². The lowest BCUT2D eigenvalue weighted by atomic mass is 9.71. The molecular formula is C15H21NO3. The Hall–Kier alpha value is -1.32. The van der Waals surface area contributed by atoms with Gasteiger partial charge in [0.25, 0.3) is 0 Å². The predicted molar refractivity (Wildman–Crippen MR) is 70.5 cm³/mol. The van der Waals surface area contributed by atoms with E-state index in [1.165, 1.54) is 12.8 Å². The number of piperidine rings is 1. The molecule has 1 spiro atoms. The number of rotatable bonds is 2. The van der Waals surface area contributed by atoms with Crippen molar-refractivity contribution < 1.29 is 14.7 Å². The standard InChI is InChI=1S/C15H21NO3/c17-13(11-9-12(11)14(18)19)16-8-4-7-15(10-16)5-2-1-3-6-15/h1-2,11-12H,3-10H2,(H,18,19)/t11-,12+,15-/m0/s1. The number of carboxylic acid groups (broad SMARTS) is 1. The van der Waals surface area contributed by atoms with Crippen LogP contribution in [0.25, 0.3) is 0 Å². The zero-order valence-corrected chi connectivity index (χ0v) is 11.2. The average Bonchev–Trinajstić information content (AvgIpc) is 3.19. The van der Waals surface area contributed by atoms with Crippen molar-refractivity contribution in [2.45, 2.75) is 38.5 Å². The number of carbonyl (C=O) groups excluding carboxylic acids is 1. The minimum absolute atomic E-state index is 0.0843. The van der Waals surface area contributed by atoms with Crippen LogP contribution in [0.1, 0.15) is 38.5 Å². The van der Waals surface area contributed by atoms with Crippen molar-refractivity contribution >= 4 is 11.9 Å². The van der Waals surface area contributed by atoms with Gasteiger partial charge in [-0.3, -0.25) is 9.59 Å². The van der Waals surface area contributed by atoms with E-state index in [1.54, 1.807) is 0 Å². The first-order valence-electron chi connectivity index (χ1n) is 7.28. The van der Waals surface area contributed by atoms with Crippen LogP contribution in [-0.2, 0) is 9.59 Å². The van der Waals surface area contributed by atoms with Gasteiger partial charge in [-0.05, 0) is 43.9 Å². The van der Waals surface area contributed by atoms with Gasteiger partial charge in [-0.25, -0.2) is 0 Å². The second-order valence-corrected chi connectivity index (χ2v) is 6.36. The summed E-state index contributed by atoms with van der Waals surface area (Å²) >= 11 is 0. The molecule has 1 heterocycles. The summed E-state index contributed by atoms with van der Waals surface area (Å²) in [6.45, 7) is 1.64. The lowest BCUT2D eigenvalue weighted by Crippen LogP contribution is -2.47. The second-order valence-electron chi connectivity index (χ2n) is 6.36. The maximum Gasteiger partial charge on any atom is 0.307 e. The molecule has 1 amide bonds. The Morgan fingerprint density at radius 3 is 2.68 bits per heavy atom. The molecule has 0 radical (unpaired) electrons. The topological polar surface area (TPSA) is 57.6 Å². The van der Waals surface area contributed by atoms with Crippen LogP contribution in [0.3, 0.4) is 0 Å². The summed E-state index contributed by atoms with van der Waals surface area (Å²) in [5.74, 6) is -1.39. The number of carbonyl (C=O) groups is 2. The van der Waals surface area contributed by atoms with Crippen LogP contribution in [0.5, 0.6) is 0 Å². The van der Waals surface area contributed by atoms with Crippen LogP contribution in [0.2, 0.25) is 0 Å². The molecule has 0 aromatic heterocycles. The second kappa shape index (κ2) is 4.66. The molecule has 4 nitrogen and oxygen atoms in total. The van der Waals surface area contributed by atoms with E-state index < -0.39 is 11.9 Å². The number of aliphatic carboxylic acids is 1. The molecule has 0 bridgehead atoms. The fourth-order valence-electron chi connectivity index (χ4n) is 3.68. The van der Waals surface area contributed by atoms with E-state index in [0.717, 1.165) is 32.4 Å². The van der Waals surface area contributed by atoms with Gasteiger partial charge >= 0.3 is 5.97 Å². The van der Waals surface area contributed by atoms with E-state index >= 15 is 0 Å². The summed E-state index contributed by atoms with van der Waals surface area (Å²) in [5.41, 5.74) is 0.274. The molecule has 2 aliphatic carbocycles. The van der Waals surface area contributed by atoms with Crippen molar-refractivity contribution in [2.75, 3.05) is 13.1 Å². The maximum absolute atomic E-state index is 12.3. The van der Waals surface area contributed by atoms with Crippen LogP contribution >= 0.6 is 0 Å². The van der Waals surface area contributed by atoms with Crippen LogP contribution in [-0.4, -0.2) is 35.0 Å². The van der Waals surface area contributed by atoms with Crippen molar-refractivity contribution in [1.82, 2.24) is 4.90 Å². The smallest absolute Gasteiger partial charge is 0.307 e. The molecule has 19 heavy (non-hydrogen) atoms. The Morgan fingerprint density at radius 2 is 2.05 bits per heavy atom. The van der Waals surface area contributed by atoms with Crippen LogP contribution in [0.4, 0.5) is 0 Å². The SMILES string of the molecule is O=C(O)[C@@H]1C[C@@H]1C(=O)N1CCC[C@@]2(CC=CCC2)C1. The minimum Gasteiger partial charge on any atom is -0.481 e. The molecule has 0 aromatic rings. The highest BCUT2D eigenvalue weighted by Gasteiger charge is 2.51. The van der Waals surface area contributed by atoms with Gasteiger partial charge < -0.3 is 10.0 Å². The Labute approximate surface area is 113 Å². The van der Waals surface area contributed by atoms with Crippen molar-refractivity contribution in [1.29, 1.82) is 0 Å². The number of amides is 1. The third-order valence-corrected chi connectivity index (χ3v) is 4.96. The molecule has 4 heteroatoms. The first kappa shape index (κ1) is 12.7. The lowest BCUT2D eigenvalue weighted by molar-refractivity contribution is -0.143. The Kier molecular flexibility index (Phi) is 3.11. The predicted octanol–water partition coefficient (Wildman–Crippen LogP) is 2.06. The summed E-state index contributed by atoms with van der Waals surface area (Å²) < 4.78 is 0. The van der Waals surface area contributed by atoms with E-state index in [1.807, 2.05) is 4.90 Å². The third-order valence-electron chi connectivity index (χ3n) is 4.96. The molecule has 0 unspecified atom stereocenters. The minimum atomic E-state index is -0.814. The molecule has 1 saturated carbocycles. The van der Waals surface area contributed by atoms with Crippen molar-refractivity contribution in [3.63, 3.8) is 0 Å². The Bertz CT molecular complexity index is 431. The lowest BCUT2D eigenvalue weighted by Gasteiger charge is -2.44. The van der Waals surface area contributed by atoms with Gasteiger partial charge in [0.1, 0.15) is 0 Å². The zero-order chi connectivity index (χ0) is 13.5. The highest BCUT2D eigenvalue weighted by Crippen LogP contribution is 2.44. The van der Waals surface area contributed by atoms with Crippen LogP contribution < -0.4 is 0 Å². The monoisotopic (exact) mass is 263 g/mol. The molecule has 3 aliphatic rings. The molecule has 1 N–H and O–H groups in total. The summed E-state index contributed by atoms with van der Waals surface area (Å²) in [6.07, 6.45) is 10.6. The molecule has 0 aromatic carbocycles. The molecule has 2 fully saturated rings. The number of carboxylic acids is 1. The average molecular weight is 263 g/mol. The van der Waals surface area contributed by atoms with Gasteiger partial charge in [-0.15, -0.1) is 0 Å². The molecule has 3 atom stereocenters. The molecule has 3 rings (SSSR count). The van der Waals surface area contributed by atoms with Crippen LogP contribution in [0.15, 0.2) is 12.2 Å². The normalized spacial score (nSPS) is 37.4. The van der Waals surface area contributed by atoms with Gasteiger partial charge in [0, 0.05) is 13.1 Å². The first-order chi connectivity index (χ1) is 9.11. The number of likely N-dealkylation sites (tertiary alicyclic amines) is 1. The van der Waals surface area contributed by atoms with E-state index in [9.17, 15) is 9.59 Å². The highest BCUT2D eigenvalue weighted by molar-refractivity contribution is 5.89. The van der Waals surface area contributed by atoms with Crippen molar-refractivity contribution in [3.05, 3.63) is 12.2 Å². The largest absolute Gasteiger partial charge is 0.481 e. The summed E-state index contributed by atoms with van der Waals surface area (Å²) in [5, 5.41) is 8.93. The van der Waals surface area contributed by atoms with Gasteiger partial charge in [-0.1, -0.05) is 12.2 Å². The maximum atomic E-state index is 12.3. The van der Waals surface area contributed by atoms with E-state index in [-0.39, 0.29) is 17.2 Å². The molecule has 1 aliphatic heterocycles. The third kappa shape index (κ3) is 2.40. The van der Waals surface area contributed by atoms with Crippen LogP contribution in [0, 0.1) is 17.3 Å². The summed E-state index contributed by atoms with van der Waals surface area (Å²) in [7, 11) is 0. The molecule has 104 valence electrons. The van der Waals surface area contributed by atoms with E-state index in [4.69, 9.17) is 5.11 Å². The van der Waals surface area contributed by atoms with E-state index in [2.05, 4.69) is 12.2 Å².